The van der Waals surface area contributed by atoms with Crippen LogP contribution in [0.3, 0.4) is 0 Å². The Bertz CT molecular complexity index is 562. The lowest BCUT2D eigenvalue weighted by Crippen LogP contribution is -2.31. The monoisotopic (exact) mass is 261 g/mol. The molecule has 1 amide bonds. The zero-order valence-corrected chi connectivity index (χ0v) is 10.7. The van der Waals surface area contributed by atoms with Crippen molar-refractivity contribution >= 4 is 5.91 Å². The lowest BCUT2D eigenvalue weighted by molar-refractivity contribution is 0.0722. The zero-order chi connectivity index (χ0) is 13.2. The number of H-pyrrole nitrogens is 1. The van der Waals surface area contributed by atoms with Crippen molar-refractivity contribution in [2.45, 2.75) is 32.2 Å². The molecule has 7 nitrogen and oxygen atoms in total. The highest BCUT2D eigenvalue weighted by atomic mass is 16.5. The number of aromatic nitrogens is 4. The third-order valence-electron chi connectivity index (χ3n) is 3.33. The Morgan fingerprint density at radius 2 is 2.53 bits per heavy atom. The number of rotatable bonds is 3. The van der Waals surface area contributed by atoms with E-state index in [1.807, 2.05) is 6.92 Å². The minimum absolute atomic E-state index is 0.0668. The largest absolute Gasteiger partial charge is 0.339 e. The van der Waals surface area contributed by atoms with Gasteiger partial charge >= 0.3 is 0 Å². The summed E-state index contributed by atoms with van der Waals surface area (Å²) in [6.07, 6.45) is 4.08. The molecular formula is C12H15N5O2. The quantitative estimate of drug-likeness (QED) is 0.900. The van der Waals surface area contributed by atoms with Gasteiger partial charge in [0.05, 0.1) is 6.04 Å². The van der Waals surface area contributed by atoms with Crippen LogP contribution >= 0.6 is 0 Å². The summed E-state index contributed by atoms with van der Waals surface area (Å²) in [4.78, 5) is 18.4. The third kappa shape index (κ3) is 2.11. The maximum atomic E-state index is 12.3. The van der Waals surface area contributed by atoms with Crippen LogP contribution in [0.4, 0.5) is 0 Å². The highest BCUT2D eigenvalue weighted by Gasteiger charge is 2.34. The van der Waals surface area contributed by atoms with Gasteiger partial charge in [-0.25, -0.2) is 0 Å². The predicted octanol–water partition coefficient (Wildman–Crippen LogP) is 1.33. The molecule has 19 heavy (non-hydrogen) atoms. The van der Waals surface area contributed by atoms with Gasteiger partial charge in [-0.2, -0.15) is 10.1 Å². The van der Waals surface area contributed by atoms with E-state index in [1.165, 1.54) is 0 Å². The number of carbonyl (C=O) groups excluding carboxylic acids is 1. The fourth-order valence-electron chi connectivity index (χ4n) is 2.35. The Morgan fingerprint density at radius 1 is 1.63 bits per heavy atom. The molecule has 3 heterocycles. The number of aryl methyl sites for hydroxylation is 1. The van der Waals surface area contributed by atoms with Gasteiger partial charge in [-0.15, -0.1) is 0 Å². The second-order valence-electron chi connectivity index (χ2n) is 4.53. The summed E-state index contributed by atoms with van der Waals surface area (Å²) in [5.74, 6) is 1.14. The summed E-state index contributed by atoms with van der Waals surface area (Å²) in [6, 6.07) is 1.57. The molecule has 1 N–H and O–H groups in total. The van der Waals surface area contributed by atoms with E-state index in [4.69, 9.17) is 4.52 Å². The molecular weight excluding hydrogens is 246 g/mol. The van der Waals surface area contributed by atoms with Gasteiger partial charge in [-0.1, -0.05) is 12.1 Å². The smallest absolute Gasteiger partial charge is 0.272 e. The van der Waals surface area contributed by atoms with Gasteiger partial charge in [-0.3, -0.25) is 9.89 Å². The van der Waals surface area contributed by atoms with Crippen molar-refractivity contribution in [3.8, 4) is 0 Å². The molecule has 0 aliphatic carbocycles. The number of hydrogen-bond donors (Lipinski definition) is 1. The molecule has 0 spiro atoms. The summed E-state index contributed by atoms with van der Waals surface area (Å²) < 4.78 is 5.13. The normalized spacial score (nSPS) is 19.0. The molecule has 1 saturated heterocycles. The number of nitrogens with one attached hydrogen (secondary N) is 1. The highest BCUT2D eigenvalue weighted by Crippen LogP contribution is 2.31. The fourth-order valence-corrected chi connectivity index (χ4v) is 2.35. The van der Waals surface area contributed by atoms with Crippen molar-refractivity contribution in [2.24, 2.45) is 0 Å². The number of aromatic amines is 1. The van der Waals surface area contributed by atoms with Crippen LogP contribution < -0.4 is 0 Å². The standard InChI is InChI=1S/C12H15N5O2/c1-2-10-14-11(16-19-10)9-4-3-7-17(9)12(18)8-5-6-13-15-8/h5-6,9H,2-4,7H2,1H3,(H,13,15)/t9-/m0/s1. The van der Waals surface area contributed by atoms with E-state index in [9.17, 15) is 4.79 Å². The molecule has 1 fully saturated rings. The molecule has 2 aromatic rings. The van der Waals surface area contributed by atoms with Gasteiger partial charge in [-0.05, 0) is 18.9 Å². The van der Waals surface area contributed by atoms with Crippen LogP contribution in [-0.4, -0.2) is 37.7 Å². The second kappa shape index (κ2) is 4.83. The van der Waals surface area contributed by atoms with E-state index in [0.717, 1.165) is 12.8 Å². The van der Waals surface area contributed by atoms with Gasteiger partial charge in [0.25, 0.3) is 5.91 Å². The Hall–Kier alpha value is -2.18. The number of carbonyl (C=O) groups is 1. The minimum atomic E-state index is -0.0974. The Kier molecular flexibility index (Phi) is 3.02. The van der Waals surface area contributed by atoms with E-state index >= 15 is 0 Å². The van der Waals surface area contributed by atoms with Crippen LogP contribution in [0.15, 0.2) is 16.8 Å². The lowest BCUT2D eigenvalue weighted by atomic mass is 10.2. The molecule has 0 saturated carbocycles. The van der Waals surface area contributed by atoms with Gasteiger partial charge in [0, 0.05) is 19.2 Å². The van der Waals surface area contributed by atoms with Gasteiger partial charge in [0.1, 0.15) is 5.69 Å². The SMILES string of the molecule is CCc1nc([C@@H]2CCCN2C(=O)c2ccn[nH]2)no1. The first-order valence-electron chi connectivity index (χ1n) is 6.42. The van der Waals surface area contributed by atoms with Crippen LogP contribution in [0.5, 0.6) is 0 Å². The Labute approximate surface area is 110 Å². The van der Waals surface area contributed by atoms with Crippen molar-refractivity contribution in [3.63, 3.8) is 0 Å². The molecule has 0 bridgehead atoms. The average molecular weight is 261 g/mol. The summed E-state index contributed by atoms with van der Waals surface area (Å²) in [5, 5.41) is 10.5. The van der Waals surface area contributed by atoms with E-state index in [2.05, 4.69) is 20.3 Å². The zero-order valence-electron chi connectivity index (χ0n) is 10.7. The van der Waals surface area contributed by atoms with Gasteiger partial charge in [0.2, 0.25) is 5.89 Å². The van der Waals surface area contributed by atoms with Crippen molar-refractivity contribution in [3.05, 3.63) is 29.7 Å². The average Bonchev–Trinajstić information content (AvgIpc) is 3.16. The van der Waals surface area contributed by atoms with Crippen molar-refractivity contribution in [1.82, 2.24) is 25.2 Å². The molecule has 3 rings (SSSR count). The summed E-state index contributed by atoms with van der Waals surface area (Å²) in [5.41, 5.74) is 0.492. The molecule has 0 unspecified atom stereocenters. The van der Waals surface area contributed by atoms with Crippen molar-refractivity contribution in [1.29, 1.82) is 0 Å². The number of nitrogens with zero attached hydrogens (tertiary/aromatic N) is 4. The molecule has 1 aliphatic rings. The Morgan fingerprint density at radius 3 is 3.21 bits per heavy atom. The summed E-state index contributed by atoms with van der Waals surface area (Å²) in [6.45, 7) is 2.66. The first-order chi connectivity index (χ1) is 9.29. The van der Waals surface area contributed by atoms with Crippen LogP contribution in [-0.2, 0) is 6.42 Å². The molecule has 1 aliphatic heterocycles. The highest BCUT2D eigenvalue weighted by molar-refractivity contribution is 5.92. The van der Waals surface area contributed by atoms with Crippen molar-refractivity contribution in [2.75, 3.05) is 6.54 Å². The van der Waals surface area contributed by atoms with E-state index < -0.39 is 0 Å². The van der Waals surface area contributed by atoms with E-state index in [-0.39, 0.29) is 11.9 Å². The number of likely N-dealkylation sites (tertiary alicyclic amines) is 1. The van der Waals surface area contributed by atoms with Crippen LogP contribution in [0.2, 0.25) is 0 Å². The molecule has 0 radical (unpaired) electrons. The minimum Gasteiger partial charge on any atom is -0.339 e. The number of hydrogen-bond acceptors (Lipinski definition) is 5. The van der Waals surface area contributed by atoms with Gasteiger partial charge in [0.15, 0.2) is 5.82 Å². The van der Waals surface area contributed by atoms with Crippen LogP contribution in [0, 0.1) is 0 Å². The number of amides is 1. The molecule has 7 heteroatoms. The van der Waals surface area contributed by atoms with Crippen LogP contribution in [0.25, 0.3) is 0 Å². The maximum absolute atomic E-state index is 12.3. The maximum Gasteiger partial charge on any atom is 0.272 e. The third-order valence-corrected chi connectivity index (χ3v) is 3.33. The summed E-state index contributed by atoms with van der Waals surface area (Å²) in [7, 11) is 0. The first-order valence-corrected chi connectivity index (χ1v) is 6.42. The second-order valence-corrected chi connectivity index (χ2v) is 4.53. The fraction of sp³-hybridized carbons (Fsp3) is 0.500. The van der Waals surface area contributed by atoms with E-state index in [0.29, 0.717) is 30.4 Å². The Balaban J connectivity index is 1.83. The molecule has 1 atom stereocenters. The van der Waals surface area contributed by atoms with Crippen LogP contribution in [0.1, 0.15) is 48.0 Å². The molecule has 100 valence electrons. The van der Waals surface area contributed by atoms with Gasteiger partial charge < -0.3 is 9.42 Å². The summed E-state index contributed by atoms with van der Waals surface area (Å²) >= 11 is 0. The first kappa shape index (κ1) is 11.9. The molecule has 2 aromatic heterocycles. The topological polar surface area (TPSA) is 87.9 Å². The lowest BCUT2D eigenvalue weighted by Gasteiger charge is -2.21. The molecule has 0 aromatic carbocycles. The van der Waals surface area contributed by atoms with E-state index in [1.54, 1.807) is 17.2 Å². The van der Waals surface area contributed by atoms with Crippen molar-refractivity contribution < 1.29 is 9.32 Å². The predicted molar refractivity (Wildman–Crippen MR) is 65.3 cm³/mol.